The molecule has 48 heavy (non-hydrogen) atoms. The largest absolute Gasteiger partial charge is 0.463 e. The summed E-state index contributed by atoms with van der Waals surface area (Å²) in [6, 6.07) is 12.5. The third-order valence-corrected chi connectivity index (χ3v) is 10.2. The molecule has 1 N–H and O–H groups in total. The van der Waals surface area contributed by atoms with Crippen LogP contribution < -0.4 is 5.32 Å². The molecule has 2 aromatic carbocycles. The Morgan fingerprint density at radius 1 is 0.833 bits per heavy atom. The van der Waals surface area contributed by atoms with Crippen LogP contribution in [0.4, 0.5) is 5.69 Å². The summed E-state index contributed by atoms with van der Waals surface area (Å²) >= 11 is 0. The molecule has 3 unspecified atom stereocenters. The van der Waals surface area contributed by atoms with Gasteiger partial charge < -0.3 is 14.8 Å². The zero-order chi connectivity index (χ0) is 35.8. The Morgan fingerprint density at radius 2 is 1.35 bits per heavy atom. The Balaban J connectivity index is 1.81. The van der Waals surface area contributed by atoms with Crippen molar-refractivity contribution in [3.63, 3.8) is 0 Å². The number of nitro groups is 1. The number of esters is 2. The average molecular weight is 685 g/mol. The normalized spacial score (nSPS) is 16.5. The quantitative estimate of drug-likeness (QED) is 0.0849. The number of para-hydroxylation sites is 1. The molecule has 0 saturated heterocycles. The van der Waals surface area contributed by atoms with Crippen LogP contribution in [0.2, 0.25) is 0 Å². The van der Waals surface area contributed by atoms with Crippen LogP contribution in [0, 0.1) is 40.7 Å². The summed E-state index contributed by atoms with van der Waals surface area (Å²) in [5, 5.41) is 15.1. The van der Waals surface area contributed by atoms with Crippen LogP contribution in [0.25, 0.3) is 0 Å². The second-order valence-electron chi connectivity index (χ2n) is 12.9. The van der Waals surface area contributed by atoms with Crippen LogP contribution in [0.1, 0.15) is 78.4 Å². The van der Waals surface area contributed by atoms with Gasteiger partial charge in [-0.25, -0.2) is 9.59 Å². The number of allylic oxidation sites excluding steroid dienone is 2. The molecule has 0 amide bonds. The van der Waals surface area contributed by atoms with Crippen molar-refractivity contribution in [1.82, 2.24) is 5.32 Å². The molecule has 0 aromatic heterocycles. The number of rotatable bonds is 16. The minimum absolute atomic E-state index is 0.0239. The van der Waals surface area contributed by atoms with Crippen LogP contribution in [0.15, 0.2) is 76.0 Å². The number of hydrogen-bond donors (Lipinski definition) is 1. The van der Waals surface area contributed by atoms with Gasteiger partial charge in [0.15, 0.2) is 0 Å². The maximum atomic E-state index is 13.9. The molecule has 1 heterocycles. The van der Waals surface area contributed by atoms with Gasteiger partial charge in [0.2, 0.25) is 0 Å². The van der Waals surface area contributed by atoms with E-state index >= 15 is 0 Å². The molecule has 3 rings (SSSR count). The molecule has 1 aliphatic rings. The number of nitrogens with zero attached hydrogens (tertiary/aromatic N) is 1. The van der Waals surface area contributed by atoms with Crippen molar-refractivity contribution in [2.24, 2.45) is 23.7 Å². The molecular formula is C36H48N2O9S. The third kappa shape index (κ3) is 9.53. The van der Waals surface area contributed by atoms with Crippen LogP contribution in [0.3, 0.4) is 0 Å². The minimum Gasteiger partial charge on any atom is -0.463 e. The Hall–Kier alpha value is -4.03. The fourth-order valence-corrected chi connectivity index (χ4v) is 6.77. The number of dihydropyridines is 1. The SMILES string of the molecule is CCOC(=O)C1=C(C)NC(C)=C(C(=O)OCC(CCC(COS(=O)(=O)c2ccc(C)cc2)C(C)C)C(C)C)C1c1ccccc1[N+](=O)[O-]. The second-order valence-corrected chi connectivity index (χ2v) is 14.5. The maximum absolute atomic E-state index is 13.9. The summed E-state index contributed by atoms with van der Waals surface area (Å²) in [4.78, 5) is 38.7. The molecular weight excluding hydrogens is 636 g/mol. The predicted molar refractivity (Wildman–Crippen MR) is 182 cm³/mol. The first kappa shape index (κ1) is 38.4. The van der Waals surface area contributed by atoms with Gasteiger partial charge >= 0.3 is 11.9 Å². The van der Waals surface area contributed by atoms with Gasteiger partial charge in [-0.15, -0.1) is 0 Å². The van der Waals surface area contributed by atoms with E-state index in [9.17, 15) is 28.1 Å². The highest BCUT2D eigenvalue weighted by Gasteiger charge is 2.41. The number of aryl methyl sites for hydroxylation is 1. The predicted octanol–water partition coefficient (Wildman–Crippen LogP) is 6.97. The Morgan fingerprint density at radius 3 is 1.88 bits per heavy atom. The number of carbonyl (C=O) groups excluding carboxylic acids is 2. The smallest absolute Gasteiger partial charge is 0.336 e. The molecule has 11 nitrogen and oxygen atoms in total. The van der Waals surface area contributed by atoms with E-state index in [0.29, 0.717) is 24.2 Å². The Kier molecular flexibility index (Phi) is 13.5. The van der Waals surface area contributed by atoms with Crippen molar-refractivity contribution < 1.29 is 36.6 Å². The van der Waals surface area contributed by atoms with Crippen molar-refractivity contribution in [3.05, 3.63) is 92.3 Å². The first-order valence-electron chi connectivity index (χ1n) is 16.3. The number of nitro benzene ring substituents is 1. The van der Waals surface area contributed by atoms with Gasteiger partial charge in [-0.1, -0.05) is 63.6 Å². The van der Waals surface area contributed by atoms with Gasteiger partial charge in [0.25, 0.3) is 15.8 Å². The molecule has 1 aliphatic heterocycles. The summed E-state index contributed by atoms with van der Waals surface area (Å²) < 4.78 is 42.4. The number of hydrogen-bond acceptors (Lipinski definition) is 10. The molecule has 0 bridgehead atoms. The molecule has 0 saturated carbocycles. The molecule has 3 atom stereocenters. The van der Waals surface area contributed by atoms with E-state index < -0.39 is 32.9 Å². The number of benzene rings is 2. The number of nitrogens with one attached hydrogen (secondary N) is 1. The van der Waals surface area contributed by atoms with Crippen molar-refractivity contribution in [1.29, 1.82) is 0 Å². The van der Waals surface area contributed by atoms with Crippen LogP contribution in [0.5, 0.6) is 0 Å². The van der Waals surface area contributed by atoms with Gasteiger partial charge in [0.05, 0.1) is 46.7 Å². The second kappa shape index (κ2) is 16.9. The monoisotopic (exact) mass is 684 g/mol. The van der Waals surface area contributed by atoms with Crippen molar-refractivity contribution in [3.8, 4) is 0 Å². The maximum Gasteiger partial charge on any atom is 0.336 e. The van der Waals surface area contributed by atoms with Gasteiger partial charge in [-0.2, -0.15) is 8.42 Å². The van der Waals surface area contributed by atoms with Gasteiger partial charge in [0, 0.05) is 23.0 Å². The first-order valence-corrected chi connectivity index (χ1v) is 17.7. The Bertz CT molecular complexity index is 1640. The summed E-state index contributed by atoms with van der Waals surface area (Å²) in [7, 11) is -3.91. The minimum atomic E-state index is -3.91. The molecule has 12 heteroatoms. The van der Waals surface area contributed by atoms with Crippen molar-refractivity contribution in [2.45, 2.75) is 79.0 Å². The molecule has 0 spiro atoms. The molecule has 0 fully saturated rings. The van der Waals surface area contributed by atoms with Gasteiger partial charge in [-0.05, 0) is 76.3 Å². The zero-order valence-electron chi connectivity index (χ0n) is 29.1. The van der Waals surface area contributed by atoms with E-state index in [1.54, 1.807) is 39.0 Å². The molecule has 262 valence electrons. The van der Waals surface area contributed by atoms with E-state index in [-0.39, 0.29) is 70.8 Å². The molecule has 0 radical (unpaired) electrons. The lowest BCUT2D eigenvalue weighted by Gasteiger charge is -2.31. The summed E-state index contributed by atoms with van der Waals surface area (Å²) in [6.45, 7) is 15.1. The number of carbonyl (C=O) groups is 2. The summed E-state index contributed by atoms with van der Waals surface area (Å²) in [5.74, 6) is -2.37. The average Bonchev–Trinajstić information content (AvgIpc) is 3.01. The van der Waals surface area contributed by atoms with Gasteiger partial charge in [0.1, 0.15) is 0 Å². The summed E-state index contributed by atoms with van der Waals surface area (Å²) in [6.07, 6.45) is 1.28. The van der Waals surface area contributed by atoms with E-state index in [4.69, 9.17) is 13.7 Å². The zero-order valence-corrected chi connectivity index (χ0v) is 29.9. The number of ether oxygens (including phenoxy) is 2. The van der Waals surface area contributed by atoms with E-state index in [1.165, 1.54) is 30.3 Å². The summed E-state index contributed by atoms with van der Waals surface area (Å²) in [5.41, 5.74) is 1.93. The third-order valence-electron chi connectivity index (χ3n) is 8.89. The van der Waals surface area contributed by atoms with Crippen molar-refractivity contribution >= 4 is 27.7 Å². The molecule has 2 aromatic rings. The fourth-order valence-electron chi connectivity index (χ4n) is 5.81. The Labute approximate surface area is 284 Å². The lowest BCUT2D eigenvalue weighted by Crippen LogP contribution is -2.33. The fraction of sp³-hybridized carbons (Fsp3) is 0.500. The molecule has 0 aliphatic carbocycles. The topological polar surface area (TPSA) is 151 Å². The lowest BCUT2D eigenvalue weighted by atomic mass is 9.79. The van der Waals surface area contributed by atoms with Crippen LogP contribution >= 0.6 is 0 Å². The van der Waals surface area contributed by atoms with E-state index in [2.05, 4.69) is 5.32 Å². The highest BCUT2D eigenvalue weighted by molar-refractivity contribution is 7.86. The lowest BCUT2D eigenvalue weighted by molar-refractivity contribution is -0.385. The highest BCUT2D eigenvalue weighted by Crippen LogP contribution is 2.42. The van der Waals surface area contributed by atoms with E-state index in [0.717, 1.165) is 5.56 Å². The van der Waals surface area contributed by atoms with Gasteiger partial charge in [-0.3, -0.25) is 14.3 Å². The van der Waals surface area contributed by atoms with Crippen molar-refractivity contribution in [2.75, 3.05) is 19.8 Å². The first-order chi connectivity index (χ1) is 22.6. The highest BCUT2D eigenvalue weighted by atomic mass is 32.2. The van der Waals surface area contributed by atoms with Crippen LogP contribution in [-0.2, 0) is 33.4 Å². The van der Waals surface area contributed by atoms with Crippen LogP contribution in [-0.4, -0.2) is 45.1 Å². The van der Waals surface area contributed by atoms with E-state index in [1.807, 2.05) is 34.6 Å². The standard InChI is InChI=1S/C36H48N2O9S/c1-9-45-35(39)32-25(7)37-26(8)33(34(32)30-12-10-11-13-31(30)38(41)42)36(40)46-20-27(22(2)3)16-17-28(23(4)5)21-47-48(43,44)29-18-14-24(6)15-19-29/h10-15,18-19,22-23,27-28,34,37H,9,16-17,20-21H2,1-8H3.